The lowest BCUT2D eigenvalue weighted by molar-refractivity contribution is -0.118. The van der Waals surface area contributed by atoms with E-state index in [4.69, 9.17) is 21.1 Å². The van der Waals surface area contributed by atoms with Gasteiger partial charge in [0.05, 0.1) is 21.4 Å². The molecule has 3 aromatic carbocycles. The lowest BCUT2D eigenvalue weighted by Gasteiger charge is -2.14. The number of benzene rings is 3. The van der Waals surface area contributed by atoms with Crippen molar-refractivity contribution in [3.63, 3.8) is 0 Å². The Hall–Kier alpha value is -3.75. The van der Waals surface area contributed by atoms with Crippen molar-refractivity contribution in [2.75, 3.05) is 24.4 Å². The number of hydrogen-bond acceptors (Lipinski definition) is 6. The van der Waals surface area contributed by atoms with Crippen LogP contribution in [-0.4, -0.2) is 30.6 Å². The van der Waals surface area contributed by atoms with Gasteiger partial charge in [0.1, 0.15) is 17.4 Å². The minimum absolute atomic E-state index is 0.0596. The molecular formula is C25H19ClIN3O5. The zero-order chi connectivity index (χ0) is 25.4. The fourth-order valence-electron chi connectivity index (χ4n) is 2.91. The standard InChI is InChI=1S/C25H19ClIN3O5/c1-34-22-12-15(10-16(13-28)25(33)29-17-6-8-18(31)9-7-17)11-20(27)24(22)35-14-23(32)30-21-5-3-2-4-19(21)26/h2-12,31H,14H2,1H3,(H,29,33)(H,30,32)/b16-10+. The molecule has 0 aromatic heterocycles. The Kier molecular flexibility index (Phi) is 8.94. The summed E-state index contributed by atoms with van der Waals surface area (Å²) in [6, 6.07) is 17.9. The number of phenols is 1. The van der Waals surface area contributed by atoms with Gasteiger partial charge in [-0.25, -0.2) is 0 Å². The summed E-state index contributed by atoms with van der Waals surface area (Å²) in [5.41, 5.74) is 1.29. The molecule has 3 N–H and O–H groups in total. The van der Waals surface area contributed by atoms with Gasteiger partial charge < -0.3 is 25.2 Å². The van der Waals surface area contributed by atoms with Gasteiger partial charge in [0.15, 0.2) is 18.1 Å². The van der Waals surface area contributed by atoms with Crippen LogP contribution in [0.2, 0.25) is 5.02 Å². The predicted molar refractivity (Wildman–Crippen MR) is 142 cm³/mol. The smallest absolute Gasteiger partial charge is 0.266 e. The molecule has 0 radical (unpaired) electrons. The molecule has 2 amide bonds. The molecule has 3 aromatic rings. The molecule has 0 spiro atoms. The lowest BCUT2D eigenvalue weighted by Crippen LogP contribution is -2.20. The maximum Gasteiger partial charge on any atom is 0.266 e. The third kappa shape index (κ3) is 7.11. The number of phenolic OH excluding ortho intramolecular Hbond substituents is 1. The number of nitrogens with one attached hydrogen (secondary N) is 2. The number of anilines is 2. The normalized spacial score (nSPS) is 10.7. The Morgan fingerprint density at radius 2 is 1.86 bits per heavy atom. The molecule has 10 heteroatoms. The van der Waals surface area contributed by atoms with E-state index in [0.29, 0.717) is 37.0 Å². The van der Waals surface area contributed by atoms with Gasteiger partial charge in [0.2, 0.25) is 0 Å². The highest BCUT2D eigenvalue weighted by Gasteiger charge is 2.16. The summed E-state index contributed by atoms with van der Waals surface area (Å²) in [6.07, 6.45) is 1.41. The molecule has 0 unspecified atom stereocenters. The third-order valence-corrected chi connectivity index (χ3v) is 5.68. The zero-order valence-electron chi connectivity index (χ0n) is 18.3. The minimum Gasteiger partial charge on any atom is -0.508 e. The van der Waals surface area contributed by atoms with Gasteiger partial charge >= 0.3 is 0 Å². The fourth-order valence-corrected chi connectivity index (χ4v) is 3.87. The molecule has 0 fully saturated rings. The second-order valence-electron chi connectivity index (χ2n) is 7.02. The van der Waals surface area contributed by atoms with Gasteiger partial charge in [-0.1, -0.05) is 23.7 Å². The summed E-state index contributed by atoms with van der Waals surface area (Å²) >= 11 is 8.07. The average Bonchev–Trinajstić information content (AvgIpc) is 2.84. The summed E-state index contributed by atoms with van der Waals surface area (Å²) in [6.45, 7) is -0.286. The molecule has 0 aliphatic carbocycles. The van der Waals surface area contributed by atoms with Gasteiger partial charge in [-0.3, -0.25) is 9.59 Å². The number of para-hydroxylation sites is 1. The van der Waals surface area contributed by atoms with Gasteiger partial charge in [0, 0.05) is 5.69 Å². The maximum atomic E-state index is 12.5. The predicted octanol–water partition coefficient (Wildman–Crippen LogP) is 5.22. The molecule has 0 aliphatic rings. The summed E-state index contributed by atoms with van der Waals surface area (Å²) < 4.78 is 11.7. The number of ether oxygens (including phenoxy) is 2. The summed E-state index contributed by atoms with van der Waals surface area (Å²) in [7, 11) is 1.44. The number of nitriles is 1. The number of aromatic hydroxyl groups is 1. The number of hydrogen-bond donors (Lipinski definition) is 3. The minimum atomic E-state index is -0.608. The molecule has 0 saturated carbocycles. The summed E-state index contributed by atoms with van der Waals surface area (Å²) in [4.78, 5) is 24.8. The monoisotopic (exact) mass is 603 g/mol. The Morgan fingerprint density at radius 1 is 1.14 bits per heavy atom. The fraction of sp³-hybridized carbons (Fsp3) is 0.0800. The SMILES string of the molecule is COc1cc(/C=C(\C#N)C(=O)Nc2ccc(O)cc2)cc(I)c1OCC(=O)Nc1ccccc1Cl. The van der Waals surface area contributed by atoms with E-state index >= 15 is 0 Å². The average molecular weight is 604 g/mol. The van der Waals surface area contributed by atoms with E-state index in [1.54, 1.807) is 36.4 Å². The zero-order valence-corrected chi connectivity index (χ0v) is 21.3. The van der Waals surface area contributed by atoms with Crippen LogP contribution in [0.15, 0.2) is 66.2 Å². The van der Waals surface area contributed by atoms with E-state index in [-0.39, 0.29) is 17.9 Å². The maximum absolute atomic E-state index is 12.5. The van der Waals surface area contributed by atoms with Gasteiger partial charge in [0.25, 0.3) is 11.8 Å². The number of rotatable bonds is 8. The van der Waals surface area contributed by atoms with Crippen LogP contribution in [-0.2, 0) is 9.59 Å². The van der Waals surface area contributed by atoms with Crippen molar-refractivity contribution in [1.82, 2.24) is 0 Å². The van der Waals surface area contributed by atoms with Gasteiger partial charge in [-0.2, -0.15) is 5.26 Å². The Balaban J connectivity index is 1.74. The highest BCUT2D eigenvalue weighted by atomic mass is 127. The van der Waals surface area contributed by atoms with Crippen LogP contribution < -0.4 is 20.1 Å². The van der Waals surface area contributed by atoms with Crippen LogP contribution in [0, 0.1) is 14.9 Å². The number of methoxy groups -OCH3 is 1. The quantitative estimate of drug-likeness (QED) is 0.141. The van der Waals surface area contributed by atoms with Crippen LogP contribution in [0.4, 0.5) is 11.4 Å². The van der Waals surface area contributed by atoms with Gasteiger partial charge in [-0.15, -0.1) is 0 Å². The molecule has 35 heavy (non-hydrogen) atoms. The molecule has 8 nitrogen and oxygen atoms in total. The van der Waals surface area contributed by atoms with Crippen LogP contribution in [0.25, 0.3) is 6.08 Å². The number of halogens is 2. The van der Waals surface area contributed by atoms with Crippen molar-refractivity contribution < 1.29 is 24.2 Å². The van der Waals surface area contributed by atoms with Crippen LogP contribution in [0.3, 0.4) is 0 Å². The van der Waals surface area contributed by atoms with Crippen LogP contribution in [0.1, 0.15) is 5.56 Å². The molecule has 0 heterocycles. The van der Waals surface area contributed by atoms with Crippen molar-refractivity contribution in [3.05, 3.63) is 80.4 Å². The molecule has 0 saturated heterocycles. The molecule has 0 aliphatic heterocycles. The van der Waals surface area contributed by atoms with Gasteiger partial charge in [-0.05, 0) is 82.8 Å². The summed E-state index contributed by atoms with van der Waals surface area (Å²) in [5, 5.41) is 24.5. The third-order valence-electron chi connectivity index (χ3n) is 4.55. The summed E-state index contributed by atoms with van der Waals surface area (Å²) in [5.74, 6) is -0.290. The number of nitrogens with zero attached hydrogens (tertiary/aromatic N) is 1. The second-order valence-corrected chi connectivity index (χ2v) is 8.59. The Morgan fingerprint density at radius 3 is 2.51 bits per heavy atom. The first-order valence-corrected chi connectivity index (χ1v) is 11.5. The van der Waals surface area contributed by atoms with Crippen molar-refractivity contribution in [1.29, 1.82) is 5.26 Å². The lowest BCUT2D eigenvalue weighted by atomic mass is 10.1. The van der Waals surface area contributed by atoms with E-state index in [1.165, 1.54) is 37.5 Å². The first kappa shape index (κ1) is 25.9. The van der Waals surface area contributed by atoms with Crippen LogP contribution >= 0.6 is 34.2 Å². The van der Waals surface area contributed by atoms with Crippen molar-refractivity contribution in [2.45, 2.75) is 0 Å². The molecule has 178 valence electrons. The topological polar surface area (TPSA) is 121 Å². The van der Waals surface area contributed by atoms with E-state index in [1.807, 2.05) is 28.7 Å². The Labute approximate surface area is 220 Å². The highest BCUT2D eigenvalue weighted by molar-refractivity contribution is 14.1. The molecule has 0 bridgehead atoms. The molecule has 0 atom stereocenters. The largest absolute Gasteiger partial charge is 0.508 e. The number of carbonyl (C=O) groups is 2. The van der Waals surface area contributed by atoms with Crippen molar-refractivity contribution >= 4 is 63.5 Å². The molecule has 3 rings (SSSR count). The van der Waals surface area contributed by atoms with E-state index in [2.05, 4.69) is 10.6 Å². The first-order chi connectivity index (χ1) is 16.8. The van der Waals surface area contributed by atoms with Crippen molar-refractivity contribution in [2.24, 2.45) is 0 Å². The number of carbonyl (C=O) groups excluding carboxylic acids is 2. The van der Waals surface area contributed by atoms with E-state index in [0.717, 1.165) is 0 Å². The van der Waals surface area contributed by atoms with Crippen molar-refractivity contribution in [3.8, 4) is 23.3 Å². The number of amides is 2. The van der Waals surface area contributed by atoms with Crippen LogP contribution in [0.5, 0.6) is 17.2 Å². The highest BCUT2D eigenvalue weighted by Crippen LogP contribution is 2.35. The first-order valence-electron chi connectivity index (χ1n) is 10.1. The molecular weight excluding hydrogens is 585 g/mol. The second kappa shape index (κ2) is 12.1. The van der Waals surface area contributed by atoms with E-state index < -0.39 is 11.8 Å². The Bertz CT molecular complexity index is 1320. The van der Waals surface area contributed by atoms with E-state index in [9.17, 15) is 20.0 Å².